The molecule has 0 saturated carbocycles. The second kappa shape index (κ2) is 5.01. The van der Waals surface area contributed by atoms with Crippen LogP contribution in [0.2, 0.25) is 0 Å². The van der Waals surface area contributed by atoms with Crippen LogP contribution in [0.5, 0.6) is 0 Å². The van der Waals surface area contributed by atoms with E-state index in [1.807, 2.05) is 24.3 Å². The highest BCUT2D eigenvalue weighted by atomic mass is 16.4. The molecule has 1 atom stereocenters. The molecule has 0 saturated heterocycles. The van der Waals surface area contributed by atoms with E-state index in [4.69, 9.17) is 5.11 Å². The number of benzene rings is 1. The Bertz CT molecular complexity index is 357. The molecule has 1 aromatic rings. The van der Waals surface area contributed by atoms with E-state index >= 15 is 0 Å². The summed E-state index contributed by atoms with van der Waals surface area (Å²) in [5.74, 6) is -0.313. The summed E-state index contributed by atoms with van der Waals surface area (Å²) in [6.07, 6.45) is 0. The molecular weight excluding hydrogens is 202 g/mol. The van der Waals surface area contributed by atoms with Gasteiger partial charge in [-0.05, 0) is 30.5 Å². The van der Waals surface area contributed by atoms with E-state index in [2.05, 4.69) is 13.8 Å². The number of rotatable bonds is 4. The van der Waals surface area contributed by atoms with Crippen LogP contribution in [0.4, 0.5) is 5.69 Å². The number of nitrogens with zero attached hydrogens (tertiary/aromatic N) is 1. The minimum atomic E-state index is -0.810. The molecule has 0 spiro atoms. The standard InChI is InChI=1S/C13H19NO2/c1-9(2)11-5-7-12(8-6-11)14(4)10(3)13(15)16/h5-10H,1-4H3,(H,15,16)/t10-/m1/s1. The fourth-order valence-electron chi connectivity index (χ4n) is 1.48. The third kappa shape index (κ3) is 2.75. The van der Waals surface area contributed by atoms with Gasteiger partial charge in [0.2, 0.25) is 0 Å². The van der Waals surface area contributed by atoms with Crippen molar-refractivity contribution >= 4 is 11.7 Å². The third-order valence-electron chi connectivity index (χ3n) is 2.91. The molecule has 0 amide bonds. The van der Waals surface area contributed by atoms with Gasteiger partial charge in [-0.25, -0.2) is 4.79 Å². The van der Waals surface area contributed by atoms with Crippen molar-refractivity contribution in [2.45, 2.75) is 32.7 Å². The first-order valence-electron chi connectivity index (χ1n) is 5.49. The summed E-state index contributed by atoms with van der Waals surface area (Å²) >= 11 is 0. The second-order valence-corrected chi connectivity index (χ2v) is 4.37. The maximum Gasteiger partial charge on any atom is 0.326 e. The van der Waals surface area contributed by atoms with Gasteiger partial charge in [-0.15, -0.1) is 0 Å². The smallest absolute Gasteiger partial charge is 0.326 e. The highest BCUT2D eigenvalue weighted by Gasteiger charge is 2.16. The van der Waals surface area contributed by atoms with Gasteiger partial charge >= 0.3 is 5.97 Å². The molecule has 3 nitrogen and oxygen atoms in total. The fourth-order valence-corrected chi connectivity index (χ4v) is 1.48. The minimum Gasteiger partial charge on any atom is -0.480 e. The topological polar surface area (TPSA) is 40.5 Å². The van der Waals surface area contributed by atoms with Gasteiger partial charge in [-0.1, -0.05) is 26.0 Å². The van der Waals surface area contributed by atoms with Gasteiger partial charge in [-0.2, -0.15) is 0 Å². The van der Waals surface area contributed by atoms with Crippen LogP contribution in [-0.4, -0.2) is 24.2 Å². The lowest BCUT2D eigenvalue weighted by atomic mass is 10.0. The molecule has 0 aliphatic rings. The van der Waals surface area contributed by atoms with Crippen molar-refractivity contribution in [3.63, 3.8) is 0 Å². The number of carbonyl (C=O) groups is 1. The summed E-state index contributed by atoms with van der Waals surface area (Å²) in [6, 6.07) is 7.52. The Morgan fingerprint density at radius 1 is 1.19 bits per heavy atom. The summed E-state index contributed by atoms with van der Waals surface area (Å²) in [7, 11) is 1.79. The summed E-state index contributed by atoms with van der Waals surface area (Å²) in [4.78, 5) is 12.6. The Labute approximate surface area is 96.7 Å². The fraction of sp³-hybridized carbons (Fsp3) is 0.462. The number of carboxylic acids is 1. The normalized spacial score (nSPS) is 12.6. The van der Waals surface area contributed by atoms with E-state index in [0.29, 0.717) is 5.92 Å². The number of aliphatic carboxylic acids is 1. The first-order chi connectivity index (χ1) is 7.43. The molecule has 0 aliphatic heterocycles. The highest BCUT2D eigenvalue weighted by Crippen LogP contribution is 2.20. The second-order valence-electron chi connectivity index (χ2n) is 4.37. The monoisotopic (exact) mass is 221 g/mol. The molecule has 88 valence electrons. The van der Waals surface area contributed by atoms with Crippen molar-refractivity contribution in [1.82, 2.24) is 0 Å². The Morgan fingerprint density at radius 3 is 2.06 bits per heavy atom. The molecule has 0 radical (unpaired) electrons. The molecule has 0 aromatic heterocycles. The van der Waals surface area contributed by atoms with Gasteiger partial charge in [-0.3, -0.25) is 0 Å². The summed E-state index contributed by atoms with van der Waals surface area (Å²) < 4.78 is 0. The molecule has 0 aliphatic carbocycles. The SMILES string of the molecule is CC(C)c1ccc(N(C)[C@H](C)C(=O)O)cc1. The average Bonchev–Trinajstić information content (AvgIpc) is 2.27. The van der Waals surface area contributed by atoms with Crippen LogP contribution >= 0.6 is 0 Å². The van der Waals surface area contributed by atoms with Crippen LogP contribution in [0, 0.1) is 0 Å². The summed E-state index contributed by atoms with van der Waals surface area (Å²) in [5.41, 5.74) is 2.19. The number of likely N-dealkylation sites (N-methyl/N-ethyl adjacent to an activating group) is 1. The van der Waals surface area contributed by atoms with Crippen molar-refractivity contribution < 1.29 is 9.90 Å². The maximum atomic E-state index is 10.8. The molecule has 3 heteroatoms. The van der Waals surface area contributed by atoms with Crippen molar-refractivity contribution in [2.24, 2.45) is 0 Å². The largest absolute Gasteiger partial charge is 0.480 e. The number of hydrogen-bond donors (Lipinski definition) is 1. The van der Waals surface area contributed by atoms with Crippen LogP contribution in [0.15, 0.2) is 24.3 Å². The lowest BCUT2D eigenvalue weighted by Crippen LogP contribution is -2.35. The van der Waals surface area contributed by atoms with E-state index in [-0.39, 0.29) is 0 Å². The van der Waals surface area contributed by atoms with Crippen molar-refractivity contribution in [3.05, 3.63) is 29.8 Å². The van der Waals surface area contributed by atoms with Gasteiger partial charge < -0.3 is 10.0 Å². The molecular formula is C13H19NO2. The number of anilines is 1. The van der Waals surface area contributed by atoms with Crippen LogP contribution in [0.1, 0.15) is 32.3 Å². The van der Waals surface area contributed by atoms with Gasteiger partial charge in [0.1, 0.15) is 6.04 Å². The van der Waals surface area contributed by atoms with Crippen molar-refractivity contribution in [1.29, 1.82) is 0 Å². The van der Waals surface area contributed by atoms with E-state index in [9.17, 15) is 4.79 Å². The van der Waals surface area contributed by atoms with Crippen molar-refractivity contribution in [3.8, 4) is 0 Å². The molecule has 0 unspecified atom stereocenters. The first kappa shape index (κ1) is 12.6. The summed E-state index contributed by atoms with van der Waals surface area (Å²) in [6.45, 7) is 5.95. The number of hydrogen-bond acceptors (Lipinski definition) is 2. The maximum absolute atomic E-state index is 10.8. The van der Waals surface area contributed by atoms with E-state index in [0.717, 1.165) is 5.69 Å². The number of carboxylic acid groups (broad SMARTS) is 1. The zero-order valence-electron chi connectivity index (χ0n) is 10.3. The Morgan fingerprint density at radius 2 is 1.69 bits per heavy atom. The van der Waals surface area contributed by atoms with Gasteiger partial charge in [0.25, 0.3) is 0 Å². The molecule has 0 heterocycles. The zero-order valence-corrected chi connectivity index (χ0v) is 10.3. The van der Waals surface area contributed by atoms with E-state index in [1.54, 1.807) is 18.9 Å². The minimum absolute atomic E-state index is 0.497. The molecule has 0 fully saturated rings. The quantitative estimate of drug-likeness (QED) is 0.849. The Hall–Kier alpha value is -1.51. The highest BCUT2D eigenvalue weighted by molar-refractivity contribution is 5.77. The van der Waals surface area contributed by atoms with Gasteiger partial charge in [0.05, 0.1) is 0 Å². The molecule has 1 aromatic carbocycles. The third-order valence-corrected chi connectivity index (χ3v) is 2.91. The lowest BCUT2D eigenvalue weighted by Gasteiger charge is -2.24. The van der Waals surface area contributed by atoms with Gasteiger partial charge in [0.15, 0.2) is 0 Å². The Kier molecular flexibility index (Phi) is 3.93. The van der Waals surface area contributed by atoms with Crippen LogP contribution < -0.4 is 4.90 Å². The van der Waals surface area contributed by atoms with Crippen molar-refractivity contribution in [2.75, 3.05) is 11.9 Å². The van der Waals surface area contributed by atoms with Crippen LogP contribution in [0.25, 0.3) is 0 Å². The molecule has 1 N–H and O–H groups in total. The zero-order chi connectivity index (χ0) is 12.3. The predicted molar refractivity (Wildman–Crippen MR) is 66.0 cm³/mol. The van der Waals surface area contributed by atoms with Crippen LogP contribution in [-0.2, 0) is 4.79 Å². The van der Waals surface area contributed by atoms with E-state index in [1.165, 1.54) is 5.56 Å². The van der Waals surface area contributed by atoms with Crippen LogP contribution in [0.3, 0.4) is 0 Å². The average molecular weight is 221 g/mol. The van der Waals surface area contributed by atoms with Gasteiger partial charge in [0, 0.05) is 12.7 Å². The predicted octanol–water partition coefficient (Wildman–Crippen LogP) is 2.72. The Balaban J connectivity index is 2.85. The lowest BCUT2D eigenvalue weighted by molar-refractivity contribution is -0.138. The molecule has 16 heavy (non-hydrogen) atoms. The first-order valence-corrected chi connectivity index (χ1v) is 5.49. The molecule has 1 rings (SSSR count). The summed E-state index contributed by atoms with van der Waals surface area (Å²) in [5, 5.41) is 8.91. The van der Waals surface area contributed by atoms with E-state index < -0.39 is 12.0 Å². The molecule has 0 bridgehead atoms.